The quantitative estimate of drug-likeness (QED) is 0.469. The van der Waals surface area contributed by atoms with E-state index >= 15 is 0 Å². The van der Waals surface area contributed by atoms with Crippen LogP contribution in [0.2, 0.25) is 0 Å². The fourth-order valence-corrected chi connectivity index (χ4v) is 0.648. The zero-order chi connectivity index (χ0) is 6.41. The highest BCUT2D eigenvalue weighted by Crippen LogP contribution is 2.00. The van der Waals surface area contributed by atoms with Gasteiger partial charge in [-0.2, -0.15) is 0 Å². The second kappa shape index (κ2) is 8.25. The lowest BCUT2D eigenvalue weighted by Gasteiger charge is -1.89. The van der Waals surface area contributed by atoms with Crippen LogP contribution in [0, 0.1) is 0 Å². The molecule has 0 saturated heterocycles. The molecule has 0 unspecified atom stereocenters. The lowest BCUT2D eigenvalue weighted by atomic mass is 10.2. The standard InChI is InChI=1S/C6H11ClO.ClH/c1-2-3-4-5-6(7)8;/h2-5H2,1H3;1H. The molecule has 0 aromatic rings. The summed E-state index contributed by atoms with van der Waals surface area (Å²) in [7, 11) is 0. The van der Waals surface area contributed by atoms with E-state index in [1.54, 1.807) is 0 Å². The lowest BCUT2D eigenvalue weighted by molar-refractivity contribution is -0.111. The summed E-state index contributed by atoms with van der Waals surface area (Å²) in [4.78, 5) is 10.1. The van der Waals surface area contributed by atoms with Crippen LogP contribution in [0.1, 0.15) is 32.6 Å². The molecule has 0 bridgehead atoms. The zero-order valence-corrected chi connectivity index (χ0v) is 7.10. The molecular weight excluding hydrogens is 159 g/mol. The molecule has 0 heterocycles. The molecule has 0 aliphatic heterocycles. The van der Waals surface area contributed by atoms with E-state index in [1.165, 1.54) is 0 Å². The van der Waals surface area contributed by atoms with E-state index < -0.39 is 0 Å². The van der Waals surface area contributed by atoms with Gasteiger partial charge in [0, 0.05) is 6.42 Å². The van der Waals surface area contributed by atoms with Crippen molar-refractivity contribution in [2.75, 3.05) is 0 Å². The van der Waals surface area contributed by atoms with Gasteiger partial charge in [-0.25, -0.2) is 0 Å². The maximum absolute atomic E-state index is 10.1. The summed E-state index contributed by atoms with van der Waals surface area (Å²) >= 11 is 5.07. The van der Waals surface area contributed by atoms with Gasteiger partial charge in [0.15, 0.2) is 0 Å². The van der Waals surface area contributed by atoms with E-state index in [4.69, 9.17) is 11.6 Å². The first-order valence-corrected chi connectivity index (χ1v) is 3.33. The molecular formula is C6H12Cl2O. The van der Waals surface area contributed by atoms with E-state index in [1.807, 2.05) is 0 Å². The first-order valence-electron chi connectivity index (χ1n) is 2.95. The molecule has 0 amide bonds. The SMILES string of the molecule is CCCCCC(=O)Cl.Cl. The Morgan fingerprint density at radius 1 is 1.44 bits per heavy atom. The third-order valence-corrected chi connectivity index (χ3v) is 1.17. The molecule has 0 aliphatic rings. The number of unbranched alkanes of at least 4 members (excludes halogenated alkanes) is 2. The third-order valence-electron chi connectivity index (χ3n) is 0.977. The fraction of sp³-hybridized carbons (Fsp3) is 0.833. The van der Waals surface area contributed by atoms with Crippen LogP contribution in [-0.2, 0) is 4.79 Å². The Balaban J connectivity index is 0. The molecule has 0 radical (unpaired) electrons. The second-order valence-electron chi connectivity index (χ2n) is 1.81. The van der Waals surface area contributed by atoms with Crippen LogP contribution in [0.4, 0.5) is 0 Å². The Hall–Kier alpha value is 0.250. The number of hydrogen-bond donors (Lipinski definition) is 0. The average molecular weight is 171 g/mol. The van der Waals surface area contributed by atoms with Crippen LogP contribution in [-0.4, -0.2) is 5.24 Å². The Labute approximate surface area is 67.2 Å². The van der Waals surface area contributed by atoms with Gasteiger partial charge in [0.2, 0.25) is 5.24 Å². The van der Waals surface area contributed by atoms with Crippen molar-refractivity contribution >= 4 is 29.3 Å². The highest BCUT2D eigenvalue weighted by atomic mass is 35.5. The summed E-state index contributed by atoms with van der Waals surface area (Å²) in [6, 6.07) is 0. The molecule has 0 fully saturated rings. The summed E-state index contributed by atoms with van der Waals surface area (Å²) in [6.45, 7) is 2.10. The van der Waals surface area contributed by atoms with Gasteiger partial charge in [0.25, 0.3) is 0 Å². The first kappa shape index (κ1) is 12.0. The molecule has 3 heteroatoms. The Bertz CT molecular complexity index is 73.5. The van der Waals surface area contributed by atoms with Crippen molar-refractivity contribution in [3.8, 4) is 0 Å². The molecule has 9 heavy (non-hydrogen) atoms. The van der Waals surface area contributed by atoms with Gasteiger partial charge in [0.05, 0.1) is 0 Å². The summed E-state index contributed by atoms with van der Waals surface area (Å²) in [5.41, 5.74) is 0. The molecule has 0 atom stereocenters. The van der Waals surface area contributed by atoms with Crippen molar-refractivity contribution in [1.29, 1.82) is 0 Å². The number of carbonyl (C=O) groups excluding carboxylic acids is 1. The Kier molecular flexibility index (Phi) is 11.0. The molecule has 0 N–H and O–H groups in total. The molecule has 0 aromatic heterocycles. The van der Waals surface area contributed by atoms with E-state index in [0.29, 0.717) is 6.42 Å². The maximum atomic E-state index is 10.1. The second-order valence-corrected chi connectivity index (χ2v) is 2.23. The van der Waals surface area contributed by atoms with Gasteiger partial charge in [-0.1, -0.05) is 19.8 Å². The monoisotopic (exact) mass is 170 g/mol. The molecule has 0 aliphatic carbocycles. The number of carbonyl (C=O) groups is 1. The van der Waals surface area contributed by atoms with Gasteiger partial charge in [0.1, 0.15) is 0 Å². The van der Waals surface area contributed by atoms with Crippen LogP contribution in [0.5, 0.6) is 0 Å². The minimum atomic E-state index is -0.210. The van der Waals surface area contributed by atoms with Crippen LogP contribution in [0.3, 0.4) is 0 Å². The molecule has 0 rings (SSSR count). The average Bonchev–Trinajstić information content (AvgIpc) is 1.66. The third kappa shape index (κ3) is 11.7. The van der Waals surface area contributed by atoms with Crippen LogP contribution >= 0.6 is 24.0 Å². The maximum Gasteiger partial charge on any atom is 0.221 e. The number of hydrogen-bond acceptors (Lipinski definition) is 1. The molecule has 1 nitrogen and oxygen atoms in total. The van der Waals surface area contributed by atoms with Gasteiger partial charge in [-0.05, 0) is 18.0 Å². The van der Waals surface area contributed by atoms with E-state index in [0.717, 1.165) is 19.3 Å². The summed E-state index contributed by atoms with van der Waals surface area (Å²) < 4.78 is 0. The molecule has 0 saturated carbocycles. The molecule has 0 aromatic carbocycles. The topological polar surface area (TPSA) is 17.1 Å². The smallest absolute Gasteiger partial charge is 0.221 e. The normalized spacial score (nSPS) is 8.22. The summed E-state index contributed by atoms with van der Waals surface area (Å²) in [5.74, 6) is 0. The van der Waals surface area contributed by atoms with Crippen LogP contribution < -0.4 is 0 Å². The first-order chi connectivity index (χ1) is 3.77. The van der Waals surface area contributed by atoms with Crippen molar-refractivity contribution in [1.82, 2.24) is 0 Å². The number of halogens is 2. The van der Waals surface area contributed by atoms with Crippen molar-refractivity contribution in [2.24, 2.45) is 0 Å². The lowest BCUT2D eigenvalue weighted by Crippen LogP contribution is -1.84. The Morgan fingerprint density at radius 2 is 2.00 bits per heavy atom. The van der Waals surface area contributed by atoms with Crippen molar-refractivity contribution in [3.05, 3.63) is 0 Å². The van der Waals surface area contributed by atoms with Crippen molar-refractivity contribution < 1.29 is 4.79 Å². The zero-order valence-electron chi connectivity index (χ0n) is 5.52. The molecule has 0 spiro atoms. The van der Waals surface area contributed by atoms with E-state index in [2.05, 4.69) is 6.92 Å². The summed E-state index contributed by atoms with van der Waals surface area (Å²) in [5, 5.41) is -0.210. The Morgan fingerprint density at radius 3 is 2.33 bits per heavy atom. The minimum Gasteiger partial charge on any atom is -0.281 e. The van der Waals surface area contributed by atoms with Crippen LogP contribution in [0.15, 0.2) is 0 Å². The van der Waals surface area contributed by atoms with Crippen molar-refractivity contribution in [2.45, 2.75) is 32.6 Å². The number of rotatable bonds is 4. The minimum absolute atomic E-state index is 0. The molecule has 56 valence electrons. The predicted molar refractivity (Wildman–Crippen MR) is 42.3 cm³/mol. The van der Waals surface area contributed by atoms with Gasteiger partial charge in [-0.15, -0.1) is 12.4 Å². The largest absolute Gasteiger partial charge is 0.281 e. The summed E-state index contributed by atoms with van der Waals surface area (Å²) in [6.07, 6.45) is 3.73. The van der Waals surface area contributed by atoms with E-state index in [9.17, 15) is 4.79 Å². The van der Waals surface area contributed by atoms with E-state index in [-0.39, 0.29) is 17.6 Å². The van der Waals surface area contributed by atoms with Gasteiger partial charge in [-0.3, -0.25) is 4.79 Å². The van der Waals surface area contributed by atoms with Gasteiger partial charge >= 0.3 is 0 Å². The fourth-order valence-electron chi connectivity index (χ4n) is 0.514. The van der Waals surface area contributed by atoms with Gasteiger partial charge < -0.3 is 0 Å². The van der Waals surface area contributed by atoms with Crippen molar-refractivity contribution in [3.63, 3.8) is 0 Å². The van der Waals surface area contributed by atoms with Crippen LogP contribution in [0.25, 0.3) is 0 Å². The predicted octanol–water partition coefficient (Wildman–Crippen LogP) is 2.75. The highest BCUT2D eigenvalue weighted by Gasteiger charge is 1.92. The highest BCUT2D eigenvalue weighted by molar-refractivity contribution is 6.63.